The van der Waals surface area contributed by atoms with Gasteiger partial charge in [-0.1, -0.05) is 27.7 Å². The number of rotatable bonds is 18. The zero-order valence-electron chi connectivity index (χ0n) is 35.1. The number of carbonyl (C=O) groups is 2. The number of carbonyl (C=O) groups excluding carboxylic acids is 1. The van der Waals surface area contributed by atoms with Gasteiger partial charge in [0.2, 0.25) is 0 Å². The van der Waals surface area contributed by atoms with Crippen LogP contribution in [-0.4, -0.2) is 88.9 Å². The summed E-state index contributed by atoms with van der Waals surface area (Å²) >= 11 is 0. The van der Waals surface area contributed by atoms with E-state index in [-0.39, 0.29) is 41.2 Å². The van der Waals surface area contributed by atoms with Gasteiger partial charge in [-0.15, -0.1) is 0 Å². The molecule has 1 aliphatic carbocycles. The molecule has 4 aromatic rings. The highest BCUT2D eigenvalue weighted by atomic mass is 33.1. The number of ether oxygens (including phenoxy) is 2. The Labute approximate surface area is 374 Å². The number of nitrogens with one attached hydrogen (secondary N) is 3. The van der Waals surface area contributed by atoms with Gasteiger partial charge in [0.15, 0.2) is 11.5 Å². The first kappa shape index (κ1) is 47.1. The normalized spacial score (nSPS) is 18.1. The van der Waals surface area contributed by atoms with Gasteiger partial charge in [0.05, 0.1) is 30.0 Å². The van der Waals surface area contributed by atoms with Gasteiger partial charge in [0.25, 0.3) is 5.91 Å². The topological polar surface area (TPSA) is 297 Å². The van der Waals surface area contributed by atoms with Crippen molar-refractivity contribution in [1.82, 2.24) is 24.8 Å². The number of fused-ring (bicyclic) bond motifs is 3. The minimum absolute atomic E-state index is 0.0806. The van der Waals surface area contributed by atoms with Crippen molar-refractivity contribution in [3.05, 3.63) is 82.7 Å². The van der Waals surface area contributed by atoms with Crippen molar-refractivity contribution in [2.75, 3.05) is 36.7 Å². The molecule has 5 atom stereocenters. The Hall–Kier alpha value is -4.86. The molecule has 1 fully saturated rings. The maximum atomic E-state index is 13.6. The molecule has 0 saturated carbocycles. The number of phosphoric acid groups is 1. The van der Waals surface area contributed by atoms with Gasteiger partial charge in [-0.2, -0.15) is 0 Å². The molecule has 2 unspecified atom stereocenters. The summed E-state index contributed by atoms with van der Waals surface area (Å²) in [4.78, 5) is 57.9. The Balaban J connectivity index is 1.03. The smallest absolute Gasteiger partial charge is 0.478 e. The van der Waals surface area contributed by atoms with Crippen molar-refractivity contribution >= 4 is 83.2 Å². The van der Waals surface area contributed by atoms with Gasteiger partial charge < -0.3 is 50.6 Å². The monoisotopic (exact) mass is 956 g/mol. The van der Waals surface area contributed by atoms with E-state index in [1.54, 1.807) is 29.7 Å². The van der Waals surface area contributed by atoms with E-state index in [4.69, 9.17) is 34.5 Å². The van der Waals surface area contributed by atoms with Crippen molar-refractivity contribution < 1.29 is 56.3 Å². The van der Waals surface area contributed by atoms with Crippen LogP contribution in [0.4, 0.5) is 11.5 Å². The minimum atomic E-state index is -4.89. The van der Waals surface area contributed by atoms with E-state index in [0.717, 1.165) is 11.3 Å². The molecule has 1 saturated heterocycles. The number of carboxylic acids is 1. The second-order valence-corrected chi connectivity index (χ2v) is 20.8. The summed E-state index contributed by atoms with van der Waals surface area (Å²) in [5, 5.41) is 26.2. The van der Waals surface area contributed by atoms with Crippen LogP contribution in [0.3, 0.4) is 0 Å². The first-order valence-electron chi connectivity index (χ1n) is 19.7. The summed E-state index contributed by atoms with van der Waals surface area (Å²) in [7, 11) is -5.92. The molecule has 2 aromatic carbocycles. The maximum Gasteiger partial charge on any atom is 0.479 e. The van der Waals surface area contributed by atoms with E-state index < -0.39 is 57.7 Å². The Morgan fingerprint density at radius 3 is 2.64 bits per heavy atom. The van der Waals surface area contributed by atoms with Crippen molar-refractivity contribution in [3.63, 3.8) is 0 Å². The summed E-state index contributed by atoms with van der Waals surface area (Å²) in [6.45, 7) is 9.92. The molecule has 340 valence electrons. The number of nitrogens with two attached hydrogens (primary N) is 1. The molecule has 20 nitrogen and oxygen atoms in total. The van der Waals surface area contributed by atoms with Crippen LogP contribution < -0.4 is 21.7 Å². The highest BCUT2D eigenvalue weighted by molar-refractivity contribution is 8.77. The molecule has 24 heteroatoms. The first-order chi connectivity index (χ1) is 30.3. The molecule has 3 aliphatic rings. The lowest BCUT2D eigenvalue weighted by Crippen LogP contribution is -2.36. The predicted octanol–water partition coefficient (Wildman–Crippen LogP) is 6.89. The van der Waals surface area contributed by atoms with Gasteiger partial charge in [0, 0.05) is 64.2 Å². The molecule has 7 rings (SSSR count). The minimum Gasteiger partial charge on any atom is -0.478 e. The highest BCUT2D eigenvalue weighted by Crippen LogP contribution is 2.51. The number of nitrogens with zero attached hydrogens (tertiary/aromatic N) is 4. The number of imidazole rings is 1. The van der Waals surface area contributed by atoms with Crippen LogP contribution in [-0.2, 0) is 27.4 Å². The molecule has 0 bridgehead atoms. The summed E-state index contributed by atoms with van der Waals surface area (Å²) in [5.74, 6) is -1.00. The number of carboxylic acid groups (broad SMARTS) is 1. The second kappa shape index (κ2) is 19.3. The predicted molar refractivity (Wildman–Crippen MR) is 242 cm³/mol. The lowest BCUT2D eigenvalue weighted by atomic mass is 9.88. The van der Waals surface area contributed by atoms with Crippen molar-refractivity contribution in [2.24, 2.45) is 0 Å². The summed E-state index contributed by atoms with van der Waals surface area (Å²) in [5.41, 5.74) is 11.4. The van der Waals surface area contributed by atoms with Gasteiger partial charge >= 0.3 is 22.0 Å². The molecule has 2 aromatic heterocycles. The molecule has 64 heavy (non-hydrogen) atoms. The van der Waals surface area contributed by atoms with E-state index in [0.29, 0.717) is 56.7 Å². The highest BCUT2D eigenvalue weighted by Gasteiger charge is 2.40. The largest absolute Gasteiger partial charge is 0.479 e. The van der Waals surface area contributed by atoms with Crippen LogP contribution in [0.1, 0.15) is 65.3 Å². The molecule has 4 heterocycles. The van der Waals surface area contributed by atoms with Gasteiger partial charge in [-0.25, -0.2) is 28.6 Å². The fourth-order valence-corrected chi connectivity index (χ4v) is 10.8. The number of hydrogen-bond donors (Lipinski definition) is 7. The van der Waals surface area contributed by atoms with Crippen molar-refractivity contribution in [3.8, 4) is 22.5 Å². The van der Waals surface area contributed by atoms with E-state index in [1.807, 2.05) is 45.9 Å². The molecular weight excluding hydrogens is 911 g/mol. The molecule has 0 radical (unpaired) electrons. The maximum absolute atomic E-state index is 13.6. The van der Waals surface area contributed by atoms with Crippen molar-refractivity contribution in [2.45, 2.75) is 64.2 Å². The Bertz CT molecular complexity index is 2860. The summed E-state index contributed by atoms with van der Waals surface area (Å²) in [6.07, 6.45) is 0.638. The zero-order chi connectivity index (χ0) is 46.1. The number of amides is 1. The fourth-order valence-electron chi connectivity index (χ4n) is 7.24. The number of aromatic carboxylic acids is 1. The molecule has 8 N–H and O–H groups in total. The third-order valence-corrected chi connectivity index (χ3v) is 15.3. The quantitative estimate of drug-likeness (QED) is 0.0152. The third kappa shape index (κ3) is 10.5. The number of hydrogen-bond acceptors (Lipinski definition) is 17. The number of phosphoric ester groups is 1. The van der Waals surface area contributed by atoms with E-state index in [2.05, 4.69) is 29.9 Å². The SMILES string of the molecule is CCNc1cc2oc3cc(=N)c(C)cc-3c(-c3ccc(C(=O)NCC(C)(C)SSCO[C@@H]4C[C@H](n5cnc6c(N)ncnc65)O[C@@H]4COP(=O)(O)O[PH](=O)O)cc3C(=O)O)c2cc1C. The van der Waals surface area contributed by atoms with E-state index in [1.165, 1.54) is 40.3 Å². The van der Waals surface area contributed by atoms with Crippen LogP contribution in [0.25, 0.3) is 44.6 Å². The molecular formula is C40H46N8O12P2S2. The van der Waals surface area contributed by atoms with Crippen LogP contribution in [0.2, 0.25) is 0 Å². The average Bonchev–Trinajstić information content (AvgIpc) is 3.85. The number of aromatic nitrogens is 4. The Kier molecular flexibility index (Phi) is 14.2. The van der Waals surface area contributed by atoms with Gasteiger partial charge in [-0.05, 0) is 75.6 Å². The molecule has 0 spiro atoms. The Morgan fingerprint density at radius 2 is 1.91 bits per heavy atom. The fraction of sp³-hybridized carbons (Fsp3) is 0.350. The van der Waals surface area contributed by atoms with Crippen LogP contribution in [0.5, 0.6) is 0 Å². The van der Waals surface area contributed by atoms with E-state index in [9.17, 15) is 28.7 Å². The average molecular weight is 957 g/mol. The van der Waals surface area contributed by atoms with Gasteiger partial charge in [-0.3, -0.25) is 18.5 Å². The third-order valence-electron chi connectivity index (χ3n) is 10.3. The number of anilines is 2. The second-order valence-electron chi connectivity index (χ2n) is 15.4. The molecule has 2 aliphatic heterocycles. The number of nitrogen functional groups attached to an aromatic ring is 1. The zero-order valence-corrected chi connectivity index (χ0v) is 38.6. The van der Waals surface area contributed by atoms with Crippen LogP contribution in [0.15, 0.2) is 59.5 Å². The summed E-state index contributed by atoms with van der Waals surface area (Å²) < 4.78 is 52.1. The lowest BCUT2D eigenvalue weighted by Gasteiger charge is -2.24. The molecule has 1 amide bonds. The van der Waals surface area contributed by atoms with Gasteiger partial charge in [0.1, 0.15) is 41.5 Å². The first-order valence-corrected chi connectivity index (χ1v) is 24.8. The lowest BCUT2D eigenvalue weighted by molar-refractivity contribution is -0.0519. The Morgan fingerprint density at radius 1 is 1.12 bits per heavy atom. The number of aryl methyl sites for hydroxylation is 2. The van der Waals surface area contributed by atoms with Crippen molar-refractivity contribution in [1.29, 1.82) is 5.41 Å². The van der Waals surface area contributed by atoms with E-state index >= 15 is 0 Å². The standard InChI is InChI=1S/C40H46N8O12P2S2/c1-6-43-28-13-30-26(10-21(28)3)34(25-9-20(2)27(41)12-29(25)58-30)23-8-7-22(11-24(23)39(50)51)38(49)44-16-40(4,5)64-63-19-56-31-14-33(48-18-47-35-36(42)45-17-46-37(35)48)59-32(31)15-57-62(54,55)60-61(52)53/h7-13,17-18,31-33,41,43,61H,6,14-16,19H2,1-5H3,(H,44,49)(H,50,51)(H,52,53)(H,54,55)(H2,42,45,46)/t31-,32-,33-/m1/s1. The summed E-state index contributed by atoms with van der Waals surface area (Å²) in [6, 6.07) is 11.8. The van der Waals surface area contributed by atoms with Crippen LogP contribution >= 0.6 is 37.7 Å². The van der Waals surface area contributed by atoms with Crippen LogP contribution in [0, 0.1) is 19.3 Å². The number of benzene rings is 3.